The van der Waals surface area contributed by atoms with E-state index in [9.17, 15) is 0 Å². The molecule has 6 rings (SSSR count). The molecule has 1 aromatic carbocycles. The molecule has 0 aliphatic heterocycles. The summed E-state index contributed by atoms with van der Waals surface area (Å²) in [6.07, 6.45) is 35.5. The number of aromatic nitrogens is 1. The number of hydrogen-bond acceptors (Lipinski definition) is 4. The molecule has 4 fully saturated rings. The lowest BCUT2D eigenvalue weighted by atomic mass is 9.75. The van der Waals surface area contributed by atoms with Gasteiger partial charge >= 0.3 is 0 Å². The Hall–Kier alpha value is -1.75. The van der Waals surface area contributed by atoms with Gasteiger partial charge in [0.1, 0.15) is 6.10 Å². The molecule has 4 heteroatoms. The SMILES string of the molecule is CC(C)OC(C1CCCCC1)C1CCCCC1.CC(C)OC(c1ccccc1)C1CCCCC1.CC(C)OC(c1ccccn1)C1CCCCC1.CCC.CCC.CCC. The molecular formula is C56H101NO3. The van der Waals surface area contributed by atoms with Crippen LogP contribution in [0.5, 0.6) is 0 Å². The van der Waals surface area contributed by atoms with Gasteiger partial charge in [-0.1, -0.05) is 174 Å². The Bertz CT molecular complexity index is 1070. The maximum atomic E-state index is 6.33. The van der Waals surface area contributed by atoms with Gasteiger partial charge in [-0.05, 0) is 134 Å². The van der Waals surface area contributed by atoms with E-state index in [1.165, 1.54) is 153 Å². The van der Waals surface area contributed by atoms with Crippen LogP contribution in [0.15, 0.2) is 54.7 Å². The van der Waals surface area contributed by atoms with Gasteiger partial charge in [-0.15, -0.1) is 0 Å². The van der Waals surface area contributed by atoms with E-state index in [0.717, 1.165) is 17.5 Å². The van der Waals surface area contributed by atoms with Crippen LogP contribution >= 0.6 is 0 Å². The summed E-state index contributed by atoms with van der Waals surface area (Å²) in [5.74, 6) is 3.11. The second kappa shape index (κ2) is 36.7. The highest BCUT2D eigenvalue weighted by Crippen LogP contribution is 2.40. The zero-order valence-corrected chi connectivity index (χ0v) is 41.9. The summed E-state index contributed by atoms with van der Waals surface area (Å²) < 4.78 is 18.6. The minimum absolute atomic E-state index is 0.191. The van der Waals surface area contributed by atoms with Gasteiger partial charge in [-0.2, -0.15) is 0 Å². The highest BCUT2D eigenvalue weighted by molar-refractivity contribution is 5.18. The molecule has 0 N–H and O–H groups in total. The van der Waals surface area contributed by atoms with Crippen molar-refractivity contribution in [1.29, 1.82) is 0 Å². The average molecular weight is 836 g/mol. The zero-order chi connectivity index (χ0) is 44.4. The van der Waals surface area contributed by atoms with Crippen molar-refractivity contribution in [3.05, 3.63) is 66.0 Å². The fourth-order valence-electron chi connectivity index (χ4n) is 9.38. The Morgan fingerprint density at radius 1 is 0.417 bits per heavy atom. The van der Waals surface area contributed by atoms with E-state index in [0.29, 0.717) is 36.3 Å². The largest absolute Gasteiger partial charge is 0.375 e. The molecule has 1 aromatic heterocycles. The monoisotopic (exact) mass is 836 g/mol. The van der Waals surface area contributed by atoms with Crippen LogP contribution in [-0.2, 0) is 14.2 Å². The first-order chi connectivity index (χ1) is 29.1. The molecule has 0 bridgehead atoms. The third-order valence-electron chi connectivity index (χ3n) is 11.8. The number of ether oxygens (including phenoxy) is 3. The lowest BCUT2D eigenvalue weighted by Crippen LogP contribution is -2.36. The molecule has 348 valence electrons. The van der Waals surface area contributed by atoms with Gasteiger partial charge in [-0.3, -0.25) is 4.98 Å². The van der Waals surface area contributed by atoms with Gasteiger partial charge in [0.2, 0.25) is 0 Å². The predicted octanol–water partition coefficient (Wildman–Crippen LogP) is 18.1. The first-order valence-corrected chi connectivity index (χ1v) is 26.0. The smallest absolute Gasteiger partial charge is 0.103 e. The summed E-state index contributed by atoms with van der Waals surface area (Å²) >= 11 is 0. The van der Waals surface area contributed by atoms with Crippen LogP contribution < -0.4 is 0 Å². The molecule has 2 unspecified atom stereocenters. The summed E-state index contributed by atoms with van der Waals surface area (Å²) in [6, 6.07) is 16.9. The molecule has 0 radical (unpaired) electrons. The van der Waals surface area contributed by atoms with Crippen LogP contribution in [0.3, 0.4) is 0 Å². The second-order valence-electron chi connectivity index (χ2n) is 19.2. The Kier molecular flexibility index (Phi) is 34.4. The molecule has 1 heterocycles. The van der Waals surface area contributed by atoms with Crippen molar-refractivity contribution in [3.63, 3.8) is 0 Å². The number of hydrogen-bond donors (Lipinski definition) is 0. The van der Waals surface area contributed by atoms with Crippen LogP contribution in [0, 0.1) is 23.7 Å². The molecule has 4 aliphatic rings. The molecule has 4 nitrogen and oxygen atoms in total. The lowest BCUT2D eigenvalue weighted by molar-refractivity contribution is -0.0754. The Morgan fingerprint density at radius 3 is 1.10 bits per heavy atom. The fraction of sp³-hybridized carbons (Fsp3) is 0.804. The number of nitrogens with zero attached hydrogens (tertiary/aromatic N) is 1. The van der Waals surface area contributed by atoms with E-state index < -0.39 is 0 Å². The maximum Gasteiger partial charge on any atom is 0.103 e. The van der Waals surface area contributed by atoms with Crippen molar-refractivity contribution in [3.8, 4) is 0 Å². The van der Waals surface area contributed by atoms with E-state index in [1.807, 2.05) is 12.3 Å². The number of benzene rings is 1. The van der Waals surface area contributed by atoms with Crippen molar-refractivity contribution in [1.82, 2.24) is 4.98 Å². The third kappa shape index (κ3) is 25.4. The second-order valence-corrected chi connectivity index (χ2v) is 19.2. The zero-order valence-electron chi connectivity index (χ0n) is 41.9. The van der Waals surface area contributed by atoms with Crippen LogP contribution in [-0.4, -0.2) is 29.4 Å². The predicted molar refractivity (Wildman–Crippen MR) is 263 cm³/mol. The molecule has 4 aliphatic carbocycles. The molecule has 2 atom stereocenters. The van der Waals surface area contributed by atoms with Crippen LogP contribution in [0.25, 0.3) is 0 Å². The van der Waals surface area contributed by atoms with Gasteiger partial charge in [0.15, 0.2) is 0 Å². The quantitative estimate of drug-likeness (QED) is 0.214. The maximum absolute atomic E-state index is 6.33. The molecule has 0 spiro atoms. The molecular weight excluding hydrogens is 735 g/mol. The fourth-order valence-corrected chi connectivity index (χ4v) is 9.38. The van der Waals surface area contributed by atoms with Crippen molar-refractivity contribution in [2.45, 2.75) is 267 Å². The minimum Gasteiger partial charge on any atom is -0.375 e. The summed E-state index contributed by atoms with van der Waals surface area (Å²) in [5, 5.41) is 0. The van der Waals surface area contributed by atoms with E-state index in [4.69, 9.17) is 14.2 Å². The van der Waals surface area contributed by atoms with E-state index in [1.54, 1.807) is 0 Å². The van der Waals surface area contributed by atoms with Gasteiger partial charge < -0.3 is 14.2 Å². The van der Waals surface area contributed by atoms with Crippen LogP contribution in [0.1, 0.15) is 254 Å². The van der Waals surface area contributed by atoms with E-state index in [2.05, 4.69) is 131 Å². The van der Waals surface area contributed by atoms with Crippen LogP contribution in [0.2, 0.25) is 0 Å². The van der Waals surface area contributed by atoms with Gasteiger partial charge in [0, 0.05) is 6.20 Å². The minimum atomic E-state index is 0.191. The summed E-state index contributed by atoms with van der Waals surface area (Å²) in [4.78, 5) is 4.48. The highest BCUT2D eigenvalue weighted by atomic mass is 16.5. The van der Waals surface area contributed by atoms with Gasteiger partial charge in [0.25, 0.3) is 0 Å². The Balaban J connectivity index is 0.000000408. The Morgan fingerprint density at radius 2 is 0.750 bits per heavy atom. The van der Waals surface area contributed by atoms with E-state index in [-0.39, 0.29) is 12.2 Å². The van der Waals surface area contributed by atoms with E-state index >= 15 is 0 Å². The standard InChI is InChI=1S/C16H30O.C16H24O.C15H23NO.3C3H8/c2*1-13(2)17-16(14-9-5-3-6-10-14)15-11-7-4-8-12-15;1-12(2)17-15(13-8-4-3-5-9-13)14-10-6-7-11-16-14;3*1-3-2/h13-16H,3-12H2,1-2H3;3,5-6,9-10,13,15-16H,4,7-8,11-12H2,1-2H3;6-7,10-13,15H,3-5,8-9H2,1-2H3;3*3H2,1-2H3. The summed E-state index contributed by atoms with van der Waals surface area (Å²) in [7, 11) is 0. The van der Waals surface area contributed by atoms with Crippen molar-refractivity contribution in [2.75, 3.05) is 0 Å². The number of rotatable bonds is 12. The molecule has 0 amide bonds. The summed E-state index contributed by atoms with van der Waals surface area (Å²) in [5.41, 5.74) is 2.46. The molecule has 0 saturated heterocycles. The normalized spacial score (nSPS) is 18.9. The van der Waals surface area contributed by atoms with Crippen LogP contribution in [0.4, 0.5) is 0 Å². The molecule has 60 heavy (non-hydrogen) atoms. The molecule has 2 aromatic rings. The van der Waals surface area contributed by atoms with Gasteiger partial charge in [-0.25, -0.2) is 0 Å². The highest BCUT2D eigenvalue weighted by Gasteiger charge is 2.33. The number of pyridine rings is 1. The lowest BCUT2D eigenvalue weighted by Gasteiger charge is -2.38. The first-order valence-electron chi connectivity index (χ1n) is 26.0. The van der Waals surface area contributed by atoms with Crippen molar-refractivity contribution in [2.24, 2.45) is 23.7 Å². The molecule has 4 saturated carbocycles. The van der Waals surface area contributed by atoms with Crippen molar-refractivity contribution < 1.29 is 14.2 Å². The van der Waals surface area contributed by atoms with Gasteiger partial charge in [0.05, 0.1) is 36.2 Å². The topological polar surface area (TPSA) is 40.6 Å². The first kappa shape index (κ1) is 56.3. The Labute approximate surface area is 374 Å². The summed E-state index contributed by atoms with van der Waals surface area (Å²) in [6.45, 7) is 25.7. The average Bonchev–Trinajstić information content (AvgIpc) is 3.27. The third-order valence-corrected chi connectivity index (χ3v) is 11.8. The van der Waals surface area contributed by atoms with Crippen molar-refractivity contribution >= 4 is 0 Å².